The Kier molecular flexibility index (Phi) is 4.17. The summed E-state index contributed by atoms with van der Waals surface area (Å²) in [6.45, 7) is 3.90. The minimum Gasteiger partial charge on any atom is -0.457 e. The first-order chi connectivity index (χ1) is 9.10. The highest BCUT2D eigenvalue weighted by atomic mass is 19.1. The summed E-state index contributed by atoms with van der Waals surface area (Å²) in [6, 6.07) is 12.0. The van der Waals surface area contributed by atoms with Crippen LogP contribution < -0.4 is 10.5 Å². The molecule has 0 bridgehead atoms. The molecule has 2 aromatic rings. The van der Waals surface area contributed by atoms with Crippen molar-refractivity contribution >= 4 is 0 Å². The lowest BCUT2D eigenvalue weighted by molar-refractivity contribution is 0.468. The van der Waals surface area contributed by atoms with Gasteiger partial charge in [0, 0.05) is 11.6 Å². The van der Waals surface area contributed by atoms with E-state index in [9.17, 15) is 4.39 Å². The molecule has 0 aliphatic heterocycles. The zero-order valence-corrected chi connectivity index (χ0v) is 11.2. The Balaban J connectivity index is 2.32. The lowest BCUT2D eigenvalue weighted by Gasteiger charge is -2.14. The molecule has 2 nitrogen and oxygen atoms in total. The van der Waals surface area contributed by atoms with Gasteiger partial charge in [0.25, 0.3) is 0 Å². The summed E-state index contributed by atoms with van der Waals surface area (Å²) in [4.78, 5) is 0. The first kappa shape index (κ1) is 13.6. The smallest absolute Gasteiger partial charge is 0.132 e. The minimum absolute atomic E-state index is 0.278. The molecule has 19 heavy (non-hydrogen) atoms. The average molecular weight is 259 g/mol. The number of aryl methyl sites for hydroxylation is 1. The van der Waals surface area contributed by atoms with E-state index in [0.29, 0.717) is 11.3 Å². The molecule has 0 amide bonds. The van der Waals surface area contributed by atoms with Gasteiger partial charge in [-0.3, -0.25) is 0 Å². The van der Waals surface area contributed by atoms with E-state index in [1.54, 1.807) is 6.07 Å². The van der Waals surface area contributed by atoms with Crippen LogP contribution in [0.4, 0.5) is 4.39 Å². The van der Waals surface area contributed by atoms with Crippen molar-refractivity contribution in [3.05, 3.63) is 59.4 Å². The summed E-state index contributed by atoms with van der Waals surface area (Å²) < 4.78 is 19.1. The van der Waals surface area contributed by atoms with Gasteiger partial charge in [0.15, 0.2) is 0 Å². The molecule has 3 heteroatoms. The second-order valence-electron chi connectivity index (χ2n) is 4.57. The molecule has 0 aliphatic rings. The van der Waals surface area contributed by atoms with Crippen molar-refractivity contribution in [2.24, 2.45) is 5.73 Å². The van der Waals surface area contributed by atoms with Crippen molar-refractivity contribution in [3.8, 4) is 11.5 Å². The highest BCUT2D eigenvalue weighted by molar-refractivity contribution is 5.40. The van der Waals surface area contributed by atoms with Gasteiger partial charge >= 0.3 is 0 Å². The predicted molar refractivity (Wildman–Crippen MR) is 74.9 cm³/mol. The van der Waals surface area contributed by atoms with Gasteiger partial charge in [-0.1, -0.05) is 19.1 Å². The predicted octanol–water partition coefficient (Wildman–Crippen LogP) is 4.20. The van der Waals surface area contributed by atoms with E-state index in [1.165, 1.54) is 17.7 Å². The van der Waals surface area contributed by atoms with Gasteiger partial charge < -0.3 is 10.5 Å². The lowest BCUT2D eigenvalue weighted by atomic mass is 10.1. The zero-order chi connectivity index (χ0) is 13.8. The summed E-state index contributed by atoms with van der Waals surface area (Å²) in [5.41, 5.74) is 7.71. The van der Waals surface area contributed by atoms with Gasteiger partial charge in [0.05, 0.1) is 0 Å². The molecule has 2 N–H and O–H groups in total. The average Bonchev–Trinajstić information content (AvgIpc) is 2.41. The van der Waals surface area contributed by atoms with Crippen LogP contribution in [0.25, 0.3) is 0 Å². The molecule has 0 spiro atoms. The topological polar surface area (TPSA) is 35.2 Å². The third-order valence-electron chi connectivity index (χ3n) is 3.00. The summed E-state index contributed by atoms with van der Waals surface area (Å²) in [5.74, 6) is 1.04. The third-order valence-corrected chi connectivity index (χ3v) is 3.00. The molecule has 100 valence electrons. The van der Waals surface area contributed by atoms with Gasteiger partial charge in [-0.2, -0.15) is 0 Å². The van der Waals surface area contributed by atoms with Gasteiger partial charge in [0.1, 0.15) is 17.3 Å². The number of hydrogen-bond donors (Lipinski definition) is 1. The van der Waals surface area contributed by atoms with Crippen molar-refractivity contribution in [2.75, 3.05) is 0 Å². The SMILES string of the molecule is CCc1cccc(Oc2ccc(F)cc2[C@H](C)N)c1. The number of hydrogen-bond acceptors (Lipinski definition) is 2. The van der Waals surface area contributed by atoms with Gasteiger partial charge in [-0.05, 0) is 49.2 Å². The highest BCUT2D eigenvalue weighted by Crippen LogP contribution is 2.29. The maximum atomic E-state index is 13.3. The van der Waals surface area contributed by atoms with E-state index in [1.807, 2.05) is 31.2 Å². The molecule has 0 heterocycles. The zero-order valence-electron chi connectivity index (χ0n) is 11.2. The fraction of sp³-hybridized carbons (Fsp3) is 0.250. The van der Waals surface area contributed by atoms with Crippen LogP contribution in [-0.4, -0.2) is 0 Å². The molecule has 2 aromatic carbocycles. The minimum atomic E-state index is -0.304. The molecule has 0 aromatic heterocycles. The van der Waals surface area contributed by atoms with Crippen LogP contribution in [0.5, 0.6) is 11.5 Å². The van der Waals surface area contributed by atoms with Crippen LogP contribution in [0.1, 0.15) is 31.0 Å². The number of halogens is 1. The van der Waals surface area contributed by atoms with Crippen molar-refractivity contribution in [2.45, 2.75) is 26.3 Å². The number of benzene rings is 2. The van der Waals surface area contributed by atoms with Gasteiger partial charge in [-0.15, -0.1) is 0 Å². The quantitative estimate of drug-likeness (QED) is 0.893. The molecule has 0 saturated carbocycles. The largest absolute Gasteiger partial charge is 0.457 e. The third kappa shape index (κ3) is 3.32. The van der Waals surface area contributed by atoms with E-state index in [4.69, 9.17) is 10.5 Å². The first-order valence-corrected chi connectivity index (χ1v) is 6.42. The molecule has 0 radical (unpaired) electrons. The lowest BCUT2D eigenvalue weighted by Crippen LogP contribution is -2.07. The number of ether oxygens (including phenoxy) is 1. The summed E-state index contributed by atoms with van der Waals surface area (Å²) in [7, 11) is 0. The van der Waals surface area contributed by atoms with Crippen LogP contribution >= 0.6 is 0 Å². The van der Waals surface area contributed by atoms with Crippen LogP contribution in [-0.2, 0) is 6.42 Å². The van der Waals surface area contributed by atoms with Crippen LogP contribution in [0.2, 0.25) is 0 Å². The second-order valence-corrected chi connectivity index (χ2v) is 4.57. The second kappa shape index (κ2) is 5.85. The Bertz CT molecular complexity index is 566. The molecular formula is C16H18FNO. The Labute approximate surface area is 113 Å². The van der Waals surface area contributed by atoms with E-state index in [2.05, 4.69) is 6.92 Å². The molecule has 1 atom stereocenters. The number of nitrogens with two attached hydrogens (primary N) is 1. The Morgan fingerprint density at radius 1 is 1.21 bits per heavy atom. The van der Waals surface area contributed by atoms with E-state index < -0.39 is 0 Å². The van der Waals surface area contributed by atoms with Gasteiger partial charge in [-0.25, -0.2) is 4.39 Å². The van der Waals surface area contributed by atoms with Crippen LogP contribution in [0.3, 0.4) is 0 Å². The van der Waals surface area contributed by atoms with E-state index >= 15 is 0 Å². The highest BCUT2D eigenvalue weighted by Gasteiger charge is 2.10. The molecular weight excluding hydrogens is 241 g/mol. The summed E-state index contributed by atoms with van der Waals surface area (Å²) in [6.07, 6.45) is 0.945. The maximum Gasteiger partial charge on any atom is 0.132 e. The fourth-order valence-corrected chi connectivity index (χ4v) is 1.92. The van der Waals surface area contributed by atoms with E-state index in [-0.39, 0.29) is 11.9 Å². The van der Waals surface area contributed by atoms with Crippen molar-refractivity contribution in [3.63, 3.8) is 0 Å². The maximum absolute atomic E-state index is 13.3. The molecule has 0 saturated heterocycles. The first-order valence-electron chi connectivity index (χ1n) is 6.42. The standard InChI is InChI=1S/C16H18FNO/c1-3-12-5-4-6-14(9-12)19-16-8-7-13(17)10-15(16)11(2)18/h4-11H,3,18H2,1-2H3/t11-/m0/s1. The molecule has 0 fully saturated rings. The van der Waals surface area contributed by atoms with Crippen LogP contribution in [0, 0.1) is 5.82 Å². The fourth-order valence-electron chi connectivity index (χ4n) is 1.92. The monoisotopic (exact) mass is 259 g/mol. The van der Waals surface area contributed by atoms with Crippen molar-refractivity contribution in [1.82, 2.24) is 0 Å². The van der Waals surface area contributed by atoms with E-state index in [0.717, 1.165) is 12.2 Å². The summed E-state index contributed by atoms with van der Waals surface area (Å²) in [5, 5.41) is 0. The van der Waals surface area contributed by atoms with Crippen LogP contribution in [0.15, 0.2) is 42.5 Å². The summed E-state index contributed by atoms with van der Waals surface area (Å²) >= 11 is 0. The molecule has 0 unspecified atom stereocenters. The normalized spacial score (nSPS) is 12.2. The Morgan fingerprint density at radius 2 is 2.00 bits per heavy atom. The number of rotatable bonds is 4. The molecule has 2 rings (SSSR count). The molecule has 0 aliphatic carbocycles. The Morgan fingerprint density at radius 3 is 2.68 bits per heavy atom. The Hall–Kier alpha value is -1.87. The van der Waals surface area contributed by atoms with Crippen molar-refractivity contribution in [1.29, 1.82) is 0 Å². The van der Waals surface area contributed by atoms with Crippen molar-refractivity contribution < 1.29 is 9.13 Å². The van der Waals surface area contributed by atoms with Gasteiger partial charge in [0.2, 0.25) is 0 Å².